The Labute approximate surface area is 133 Å². The number of alkyl halides is 2. The highest BCUT2D eigenvalue weighted by atomic mass is 35.5. The molecule has 1 fully saturated rings. The number of anilines is 2. The molecule has 3 heterocycles. The number of hydrogen-bond donors (Lipinski definition) is 4. The molecule has 0 bridgehead atoms. The molecule has 0 aromatic carbocycles. The van der Waals surface area contributed by atoms with Crippen LogP contribution in [0.2, 0.25) is 0 Å². The van der Waals surface area contributed by atoms with Gasteiger partial charge < -0.3 is 26.4 Å². The van der Waals surface area contributed by atoms with E-state index in [9.17, 15) is 19.9 Å². The number of aliphatic hydroxyl groups excluding tert-OH is 2. The standard InChI is InChI=1S/C12H12ClFN6O3/c13-12(14)8(22)6(3-21)23-11(12,4-15)7-2-1-5-9(16)18-10(17)19-20(5)7/h1-2,6,8,21-22H,3H2,(H4,16,17,18,19)/t6-,8?,11+,12?/m1/s1. The molecular formula is C12H12ClFN6O3. The van der Waals surface area contributed by atoms with E-state index in [1.807, 2.05) is 0 Å². The van der Waals surface area contributed by atoms with E-state index in [0.717, 1.165) is 4.52 Å². The Morgan fingerprint density at radius 1 is 1.52 bits per heavy atom. The summed E-state index contributed by atoms with van der Waals surface area (Å²) in [7, 11) is 0. The van der Waals surface area contributed by atoms with Gasteiger partial charge in [0, 0.05) is 0 Å². The molecule has 0 aliphatic carbocycles. The van der Waals surface area contributed by atoms with Gasteiger partial charge >= 0.3 is 0 Å². The van der Waals surface area contributed by atoms with Gasteiger partial charge in [-0.15, -0.1) is 5.10 Å². The van der Waals surface area contributed by atoms with E-state index in [-0.39, 0.29) is 23.0 Å². The summed E-state index contributed by atoms with van der Waals surface area (Å²) in [6, 6.07) is 4.37. The van der Waals surface area contributed by atoms with Crippen molar-refractivity contribution in [1.29, 1.82) is 5.26 Å². The van der Waals surface area contributed by atoms with Gasteiger partial charge in [0.05, 0.1) is 12.3 Å². The van der Waals surface area contributed by atoms with Crippen LogP contribution in [-0.4, -0.2) is 48.8 Å². The number of fused-ring (bicyclic) bond motifs is 1. The molecule has 1 aliphatic heterocycles. The summed E-state index contributed by atoms with van der Waals surface area (Å²) in [4.78, 5) is 3.76. The monoisotopic (exact) mass is 342 g/mol. The maximum atomic E-state index is 15.0. The van der Waals surface area contributed by atoms with E-state index in [1.165, 1.54) is 12.1 Å². The third-order valence-electron chi connectivity index (χ3n) is 3.77. The lowest BCUT2D eigenvalue weighted by Crippen LogP contribution is -2.46. The molecule has 4 atom stereocenters. The van der Waals surface area contributed by atoms with Crippen LogP contribution < -0.4 is 11.5 Å². The largest absolute Gasteiger partial charge is 0.394 e. The van der Waals surface area contributed by atoms with Gasteiger partial charge in [-0.3, -0.25) is 0 Å². The highest BCUT2D eigenvalue weighted by Gasteiger charge is 2.69. The normalized spacial score (nSPS) is 33.9. The fourth-order valence-electron chi connectivity index (χ4n) is 2.64. The summed E-state index contributed by atoms with van der Waals surface area (Å²) < 4.78 is 21.3. The van der Waals surface area contributed by atoms with Crippen molar-refractivity contribution < 1.29 is 19.3 Å². The molecule has 3 rings (SSSR count). The van der Waals surface area contributed by atoms with Gasteiger partial charge in [-0.2, -0.15) is 10.2 Å². The predicted molar refractivity (Wildman–Crippen MR) is 76.8 cm³/mol. The van der Waals surface area contributed by atoms with Gasteiger partial charge in [-0.25, -0.2) is 8.91 Å². The molecule has 1 saturated heterocycles. The zero-order valence-electron chi connectivity index (χ0n) is 11.5. The summed E-state index contributed by atoms with van der Waals surface area (Å²) in [6.07, 6.45) is -3.32. The number of aliphatic hydroxyl groups is 2. The van der Waals surface area contributed by atoms with Crippen LogP contribution in [0.1, 0.15) is 5.69 Å². The minimum absolute atomic E-state index is 0.00752. The number of hydrogen-bond acceptors (Lipinski definition) is 8. The second kappa shape index (κ2) is 4.90. The Hall–Kier alpha value is -2.19. The molecule has 11 heteroatoms. The number of nitrogens with two attached hydrogens (primary N) is 2. The Morgan fingerprint density at radius 3 is 2.78 bits per heavy atom. The van der Waals surface area contributed by atoms with Crippen molar-refractivity contribution in [3.63, 3.8) is 0 Å². The van der Waals surface area contributed by atoms with Crippen molar-refractivity contribution in [2.24, 2.45) is 0 Å². The fraction of sp³-hybridized carbons (Fsp3) is 0.417. The predicted octanol–water partition coefficient (Wildman–Crippen LogP) is -0.731. The molecule has 122 valence electrons. The lowest BCUT2D eigenvalue weighted by molar-refractivity contribution is -0.0602. The van der Waals surface area contributed by atoms with Gasteiger partial charge in [0.1, 0.15) is 23.8 Å². The molecule has 23 heavy (non-hydrogen) atoms. The first-order valence-corrected chi connectivity index (χ1v) is 6.83. The first-order chi connectivity index (χ1) is 10.8. The van der Waals surface area contributed by atoms with Crippen LogP contribution >= 0.6 is 11.6 Å². The van der Waals surface area contributed by atoms with Gasteiger partial charge in [0.2, 0.25) is 11.5 Å². The molecule has 2 unspecified atom stereocenters. The molecule has 0 radical (unpaired) electrons. The van der Waals surface area contributed by atoms with Gasteiger partial charge in [0.25, 0.3) is 5.13 Å². The number of ether oxygens (including phenoxy) is 1. The fourth-order valence-corrected chi connectivity index (χ4v) is 2.96. The second-order valence-electron chi connectivity index (χ2n) is 5.07. The number of nitriles is 1. The van der Waals surface area contributed by atoms with E-state index in [4.69, 9.17) is 27.8 Å². The van der Waals surface area contributed by atoms with Crippen molar-refractivity contribution in [1.82, 2.24) is 14.6 Å². The Kier molecular flexibility index (Phi) is 3.35. The third-order valence-corrected chi connectivity index (χ3v) is 4.26. The first-order valence-electron chi connectivity index (χ1n) is 6.45. The van der Waals surface area contributed by atoms with E-state index in [2.05, 4.69) is 10.1 Å². The minimum Gasteiger partial charge on any atom is -0.394 e. The number of nitrogens with zero attached hydrogens (tertiary/aromatic N) is 4. The summed E-state index contributed by atoms with van der Waals surface area (Å²) in [5, 5.41) is 29.5. The third kappa shape index (κ3) is 1.88. The summed E-state index contributed by atoms with van der Waals surface area (Å²) in [6.45, 7) is -0.731. The quantitative estimate of drug-likeness (QED) is 0.520. The van der Waals surface area contributed by atoms with Crippen molar-refractivity contribution in [3.05, 3.63) is 17.8 Å². The highest BCUT2D eigenvalue weighted by molar-refractivity contribution is 6.24. The maximum absolute atomic E-state index is 15.0. The summed E-state index contributed by atoms with van der Waals surface area (Å²) in [5.74, 6) is -0.204. The zero-order chi connectivity index (χ0) is 17.0. The average molecular weight is 343 g/mol. The van der Waals surface area contributed by atoms with Crippen LogP contribution in [0.5, 0.6) is 0 Å². The molecular weight excluding hydrogens is 331 g/mol. The van der Waals surface area contributed by atoms with Crippen molar-refractivity contribution in [2.75, 3.05) is 18.1 Å². The highest BCUT2D eigenvalue weighted by Crippen LogP contribution is 2.52. The van der Waals surface area contributed by atoms with Crippen LogP contribution in [0.4, 0.5) is 16.2 Å². The second-order valence-corrected chi connectivity index (χ2v) is 5.62. The molecule has 6 N–H and O–H groups in total. The molecule has 0 spiro atoms. The van der Waals surface area contributed by atoms with Crippen molar-refractivity contribution in [3.8, 4) is 6.07 Å². The van der Waals surface area contributed by atoms with E-state index in [0.29, 0.717) is 0 Å². The van der Waals surface area contributed by atoms with E-state index >= 15 is 0 Å². The zero-order valence-corrected chi connectivity index (χ0v) is 12.3. The van der Waals surface area contributed by atoms with Crippen LogP contribution in [0, 0.1) is 11.3 Å². The van der Waals surface area contributed by atoms with Crippen molar-refractivity contribution >= 4 is 28.9 Å². The summed E-state index contributed by atoms with van der Waals surface area (Å²) >= 11 is 5.79. The number of rotatable bonds is 2. The lowest BCUT2D eigenvalue weighted by atomic mass is 9.93. The Morgan fingerprint density at radius 2 is 2.22 bits per heavy atom. The lowest BCUT2D eigenvalue weighted by Gasteiger charge is -2.28. The van der Waals surface area contributed by atoms with E-state index in [1.54, 1.807) is 6.07 Å². The molecule has 0 saturated carbocycles. The maximum Gasteiger partial charge on any atom is 0.259 e. The molecule has 2 aromatic rings. The van der Waals surface area contributed by atoms with Gasteiger partial charge in [-0.05, 0) is 12.1 Å². The summed E-state index contributed by atoms with van der Waals surface area (Å²) in [5.41, 5.74) is 8.92. The molecule has 0 amide bonds. The van der Waals surface area contributed by atoms with Crippen molar-refractivity contribution in [2.45, 2.75) is 22.9 Å². The average Bonchev–Trinajstić information content (AvgIpc) is 2.99. The molecule has 9 nitrogen and oxygen atoms in total. The van der Waals surface area contributed by atoms with Gasteiger partial charge in [0.15, 0.2) is 5.82 Å². The Balaban J connectivity index is 2.29. The van der Waals surface area contributed by atoms with Crippen LogP contribution in [0.15, 0.2) is 12.1 Å². The smallest absolute Gasteiger partial charge is 0.259 e. The number of nitrogen functional groups attached to an aromatic ring is 2. The molecule has 1 aliphatic rings. The SMILES string of the molecule is N#C[C@@]1(c2ccc3c(N)nc(N)nn23)O[C@H](CO)C(O)C1(F)Cl. The van der Waals surface area contributed by atoms with Crippen LogP contribution in [-0.2, 0) is 10.3 Å². The van der Waals surface area contributed by atoms with Gasteiger partial charge in [-0.1, -0.05) is 11.6 Å². The topological polar surface area (TPSA) is 156 Å². The first kappa shape index (κ1) is 15.7. The van der Waals surface area contributed by atoms with E-state index < -0.39 is 29.5 Å². The number of aromatic nitrogens is 3. The Bertz CT molecular complexity index is 821. The number of halogens is 2. The molecule has 2 aromatic heterocycles. The van der Waals surface area contributed by atoms with Crippen LogP contribution in [0.3, 0.4) is 0 Å². The minimum atomic E-state index is -3.03. The van der Waals surface area contributed by atoms with Crippen LogP contribution in [0.25, 0.3) is 5.52 Å².